The minimum absolute atomic E-state index is 0.0231. The Labute approximate surface area is 196 Å². The fourth-order valence-electron chi connectivity index (χ4n) is 4.86. The predicted octanol–water partition coefficient (Wildman–Crippen LogP) is 2.95. The molecule has 176 valence electrons. The molecule has 0 radical (unpaired) electrons. The number of amides is 2. The van der Waals surface area contributed by atoms with Crippen LogP contribution in [0.1, 0.15) is 45.2 Å². The molecule has 9 nitrogen and oxygen atoms in total. The Balaban J connectivity index is 1.51. The summed E-state index contributed by atoms with van der Waals surface area (Å²) in [5.74, 6) is 0.897. The first kappa shape index (κ1) is 22.0. The monoisotopic (exact) mass is 461 g/mol. The van der Waals surface area contributed by atoms with Gasteiger partial charge in [-0.3, -0.25) is 9.59 Å². The molecule has 0 aromatic carbocycles. The van der Waals surface area contributed by atoms with Crippen molar-refractivity contribution < 1.29 is 19.4 Å². The number of hydrogen-bond donors (Lipinski definition) is 2. The molecule has 0 bridgehead atoms. The fraction of sp³-hybridized carbons (Fsp3) is 0.320. The molecule has 0 saturated carbocycles. The second-order valence-corrected chi connectivity index (χ2v) is 8.88. The molecule has 2 atom stereocenters. The lowest BCUT2D eigenvalue weighted by Crippen LogP contribution is -2.34. The molecule has 4 aromatic heterocycles. The number of ether oxygens (including phenoxy) is 1. The number of β-amino-alcohol motifs (C(OH)–C–C–N with tert-alkyl or cyclic N) is 1. The van der Waals surface area contributed by atoms with Crippen molar-refractivity contribution in [2.45, 2.75) is 39.3 Å². The van der Waals surface area contributed by atoms with Gasteiger partial charge in [0.2, 0.25) is 0 Å². The second kappa shape index (κ2) is 8.18. The summed E-state index contributed by atoms with van der Waals surface area (Å²) in [6, 6.07) is 5.41. The van der Waals surface area contributed by atoms with Crippen molar-refractivity contribution >= 4 is 22.8 Å². The van der Waals surface area contributed by atoms with Crippen LogP contribution < -0.4 is 10.1 Å². The number of nitrogens with one attached hydrogen (secondary N) is 1. The summed E-state index contributed by atoms with van der Waals surface area (Å²) in [6.07, 6.45) is 7.13. The van der Waals surface area contributed by atoms with Gasteiger partial charge in [-0.05, 0) is 50.5 Å². The van der Waals surface area contributed by atoms with Crippen LogP contribution in [0.15, 0.2) is 43.0 Å². The highest BCUT2D eigenvalue weighted by Crippen LogP contribution is 2.32. The van der Waals surface area contributed by atoms with E-state index in [1.165, 1.54) is 0 Å². The smallest absolute Gasteiger partial charge is 0.256 e. The number of fused-ring (bicyclic) bond motifs is 2. The van der Waals surface area contributed by atoms with Crippen molar-refractivity contribution in [2.75, 3.05) is 13.6 Å². The van der Waals surface area contributed by atoms with Crippen LogP contribution >= 0.6 is 0 Å². The van der Waals surface area contributed by atoms with E-state index in [4.69, 9.17) is 4.74 Å². The highest BCUT2D eigenvalue weighted by atomic mass is 16.5. The molecule has 34 heavy (non-hydrogen) atoms. The number of pyridine rings is 1. The minimum atomic E-state index is -0.496. The number of aryl methyl sites for hydroxylation is 2. The highest BCUT2D eigenvalue weighted by Gasteiger charge is 2.33. The SMILES string of the molecule is CNC(=O)c1c(C)cn2cc(Oc3ccnn4cc(C(=O)N5C[C@@H](O)C[C@H]5C)c(C)c34)ccc12. The van der Waals surface area contributed by atoms with Gasteiger partial charge < -0.3 is 24.5 Å². The number of carbonyl (C=O) groups is 2. The average Bonchev–Trinajstić information content (AvgIpc) is 3.44. The van der Waals surface area contributed by atoms with Crippen LogP contribution in [0.25, 0.3) is 11.0 Å². The predicted molar refractivity (Wildman–Crippen MR) is 127 cm³/mol. The van der Waals surface area contributed by atoms with Gasteiger partial charge in [0.25, 0.3) is 11.8 Å². The first-order valence-electron chi connectivity index (χ1n) is 11.3. The Kier molecular flexibility index (Phi) is 5.28. The lowest BCUT2D eigenvalue weighted by molar-refractivity contribution is 0.0725. The molecule has 2 amide bonds. The molecule has 9 heteroatoms. The third kappa shape index (κ3) is 3.49. The van der Waals surface area contributed by atoms with Gasteiger partial charge in [-0.2, -0.15) is 5.10 Å². The lowest BCUT2D eigenvalue weighted by Gasteiger charge is -2.20. The number of rotatable bonds is 4. The third-order valence-electron chi connectivity index (χ3n) is 6.55. The molecular formula is C25H27N5O4. The molecule has 1 saturated heterocycles. The molecule has 0 spiro atoms. The van der Waals surface area contributed by atoms with Crippen molar-refractivity contribution in [3.8, 4) is 11.5 Å². The second-order valence-electron chi connectivity index (χ2n) is 8.88. The van der Waals surface area contributed by atoms with Gasteiger partial charge in [0.15, 0.2) is 5.75 Å². The quantitative estimate of drug-likeness (QED) is 0.487. The zero-order chi connectivity index (χ0) is 24.1. The molecule has 1 aliphatic rings. The van der Waals surface area contributed by atoms with Gasteiger partial charge in [-0.1, -0.05) is 0 Å². The molecule has 0 unspecified atom stereocenters. The molecule has 0 aliphatic carbocycles. The molecule has 5 rings (SSSR count). The average molecular weight is 462 g/mol. The topological polar surface area (TPSA) is 101 Å². The lowest BCUT2D eigenvalue weighted by atomic mass is 10.1. The van der Waals surface area contributed by atoms with E-state index in [1.54, 1.807) is 34.9 Å². The van der Waals surface area contributed by atoms with Crippen molar-refractivity contribution in [1.82, 2.24) is 24.2 Å². The summed E-state index contributed by atoms with van der Waals surface area (Å²) < 4.78 is 9.74. The van der Waals surface area contributed by atoms with Crippen LogP contribution in [0.2, 0.25) is 0 Å². The van der Waals surface area contributed by atoms with Crippen LogP contribution in [0.5, 0.6) is 11.5 Å². The van der Waals surface area contributed by atoms with Gasteiger partial charge in [0, 0.05) is 38.1 Å². The molecular weight excluding hydrogens is 434 g/mol. The van der Waals surface area contributed by atoms with Crippen molar-refractivity contribution in [1.29, 1.82) is 0 Å². The van der Waals surface area contributed by atoms with Gasteiger partial charge in [-0.15, -0.1) is 0 Å². The van der Waals surface area contributed by atoms with Gasteiger partial charge in [0.05, 0.1) is 35.1 Å². The Hall–Kier alpha value is -3.85. The maximum absolute atomic E-state index is 13.2. The number of aliphatic hydroxyl groups excluding tert-OH is 1. The van der Waals surface area contributed by atoms with E-state index in [0.29, 0.717) is 41.1 Å². The zero-order valence-corrected chi connectivity index (χ0v) is 19.6. The van der Waals surface area contributed by atoms with E-state index in [0.717, 1.165) is 16.6 Å². The summed E-state index contributed by atoms with van der Waals surface area (Å²) in [7, 11) is 1.61. The van der Waals surface area contributed by atoms with Crippen molar-refractivity contribution in [3.05, 3.63) is 65.2 Å². The normalized spacial score (nSPS) is 18.1. The van der Waals surface area contributed by atoms with E-state index >= 15 is 0 Å². The number of nitrogens with zero attached hydrogens (tertiary/aromatic N) is 4. The summed E-state index contributed by atoms with van der Waals surface area (Å²) >= 11 is 0. The first-order valence-corrected chi connectivity index (χ1v) is 11.3. The van der Waals surface area contributed by atoms with Gasteiger partial charge in [0.1, 0.15) is 11.3 Å². The van der Waals surface area contributed by atoms with Crippen molar-refractivity contribution in [2.24, 2.45) is 0 Å². The highest BCUT2D eigenvalue weighted by molar-refractivity contribution is 6.02. The van der Waals surface area contributed by atoms with Crippen LogP contribution in [0.3, 0.4) is 0 Å². The Bertz CT molecular complexity index is 1440. The number of likely N-dealkylation sites (tertiary alicyclic amines) is 1. The fourth-order valence-corrected chi connectivity index (χ4v) is 4.86. The van der Waals surface area contributed by atoms with E-state index < -0.39 is 6.10 Å². The van der Waals surface area contributed by atoms with E-state index in [9.17, 15) is 14.7 Å². The van der Waals surface area contributed by atoms with Crippen LogP contribution in [0, 0.1) is 13.8 Å². The Morgan fingerprint density at radius 2 is 1.97 bits per heavy atom. The van der Waals surface area contributed by atoms with E-state index in [2.05, 4.69) is 10.4 Å². The van der Waals surface area contributed by atoms with Crippen molar-refractivity contribution in [3.63, 3.8) is 0 Å². The van der Waals surface area contributed by atoms with E-state index in [-0.39, 0.29) is 17.9 Å². The standard InChI is InChI=1S/C25H27N5O4/c1-14-10-28-12-18(5-6-20(28)22(14)24(32)26-4)34-21-7-8-27-30-13-19(16(3)23(21)30)25(33)29-11-17(31)9-15(29)2/h5-8,10,12-13,15,17,31H,9,11H2,1-4H3,(H,26,32)/t15-,17+/m1/s1. The van der Waals surface area contributed by atoms with E-state index in [1.807, 2.05) is 49.7 Å². The first-order chi connectivity index (χ1) is 16.3. The van der Waals surface area contributed by atoms with Crippen LogP contribution in [0.4, 0.5) is 0 Å². The molecule has 1 fully saturated rings. The molecule has 4 aromatic rings. The minimum Gasteiger partial charge on any atom is -0.453 e. The Morgan fingerprint density at radius 3 is 2.68 bits per heavy atom. The molecule has 5 heterocycles. The van der Waals surface area contributed by atoms with Gasteiger partial charge >= 0.3 is 0 Å². The molecule has 1 aliphatic heterocycles. The summed E-state index contributed by atoms with van der Waals surface area (Å²) in [4.78, 5) is 27.2. The van der Waals surface area contributed by atoms with Crippen LogP contribution in [-0.2, 0) is 0 Å². The van der Waals surface area contributed by atoms with Gasteiger partial charge in [-0.25, -0.2) is 4.52 Å². The Morgan fingerprint density at radius 1 is 1.18 bits per heavy atom. The zero-order valence-electron chi connectivity index (χ0n) is 19.6. The maximum atomic E-state index is 13.2. The van der Waals surface area contributed by atoms with Crippen LogP contribution in [-0.4, -0.2) is 61.6 Å². The number of carbonyl (C=O) groups excluding carboxylic acids is 2. The summed E-state index contributed by atoms with van der Waals surface area (Å²) in [5.41, 5.74) is 4.30. The maximum Gasteiger partial charge on any atom is 0.256 e. The third-order valence-corrected chi connectivity index (χ3v) is 6.55. The summed E-state index contributed by atoms with van der Waals surface area (Å²) in [6.45, 7) is 6.05. The number of hydrogen-bond acceptors (Lipinski definition) is 5. The molecule has 2 N–H and O–H groups in total. The number of aromatic nitrogens is 3. The summed E-state index contributed by atoms with van der Waals surface area (Å²) in [5, 5.41) is 17.0. The largest absolute Gasteiger partial charge is 0.453 e. The number of aliphatic hydroxyl groups is 1.